The van der Waals surface area contributed by atoms with Crippen LogP contribution in [0.1, 0.15) is 17.4 Å². The minimum atomic E-state index is -0.521. The maximum atomic E-state index is 10.9. The van der Waals surface area contributed by atoms with E-state index in [0.29, 0.717) is 5.02 Å². The summed E-state index contributed by atoms with van der Waals surface area (Å²) in [6.45, 7) is 1.98. The van der Waals surface area contributed by atoms with Gasteiger partial charge in [0, 0.05) is 11.1 Å². The number of thioether (sulfide) groups is 1. The first-order valence-corrected chi connectivity index (χ1v) is 5.09. The molecule has 0 aliphatic rings. The van der Waals surface area contributed by atoms with Gasteiger partial charge in [-0.1, -0.05) is 18.5 Å². The number of halogens is 1. The molecule has 0 atom stereocenters. The molecule has 0 saturated carbocycles. The van der Waals surface area contributed by atoms with E-state index in [1.54, 1.807) is 6.07 Å². The van der Waals surface area contributed by atoms with Crippen LogP contribution in [0.5, 0.6) is 0 Å². The highest BCUT2D eigenvalue weighted by atomic mass is 35.5. The number of hydrogen-bond acceptors (Lipinski definition) is 3. The normalized spacial score (nSPS) is 10.0. The van der Waals surface area contributed by atoms with Crippen molar-refractivity contribution in [1.29, 1.82) is 0 Å². The largest absolute Gasteiger partial charge is 0.364 e. The average molecular weight is 217 g/mol. The van der Waals surface area contributed by atoms with Crippen molar-refractivity contribution in [2.24, 2.45) is 5.73 Å². The summed E-state index contributed by atoms with van der Waals surface area (Å²) in [6, 6.07) is 1.70. The van der Waals surface area contributed by atoms with Crippen molar-refractivity contribution in [2.45, 2.75) is 11.8 Å². The molecular weight excluding hydrogens is 208 g/mol. The SMILES string of the molecule is CCSc1cc(Cl)cnc1C(N)=O. The number of hydrogen-bond donors (Lipinski definition) is 1. The molecule has 2 N–H and O–H groups in total. The molecule has 0 unspecified atom stereocenters. The lowest BCUT2D eigenvalue weighted by molar-refractivity contribution is 0.0992. The Labute approximate surface area is 85.7 Å². The number of rotatable bonds is 3. The minimum absolute atomic E-state index is 0.288. The summed E-state index contributed by atoms with van der Waals surface area (Å²) >= 11 is 7.23. The Morgan fingerprint density at radius 3 is 3.00 bits per heavy atom. The van der Waals surface area contributed by atoms with Gasteiger partial charge in [-0.15, -0.1) is 11.8 Å². The molecule has 0 bridgehead atoms. The van der Waals surface area contributed by atoms with E-state index in [4.69, 9.17) is 17.3 Å². The van der Waals surface area contributed by atoms with Crippen LogP contribution in [0.25, 0.3) is 0 Å². The van der Waals surface area contributed by atoms with E-state index in [0.717, 1.165) is 10.6 Å². The molecule has 1 aromatic rings. The van der Waals surface area contributed by atoms with Gasteiger partial charge < -0.3 is 5.73 Å². The lowest BCUT2D eigenvalue weighted by Gasteiger charge is -2.03. The van der Waals surface area contributed by atoms with Crippen LogP contribution >= 0.6 is 23.4 Å². The Balaban J connectivity index is 3.10. The highest BCUT2D eigenvalue weighted by Gasteiger charge is 2.09. The maximum Gasteiger partial charge on any atom is 0.268 e. The van der Waals surface area contributed by atoms with E-state index < -0.39 is 5.91 Å². The predicted octanol–water partition coefficient (Wildman–Crippen LogP) is 1.95. The zero-order chi connectivity index (χ0) is 9.84. The Hall–Kier alpha value is -0.740. The highest BCUT2D eigenvalue weighted by molar-refractivity contribution is 7.99. The second-order valence-corrected chi connectivity index (χ2v) is 4.04. The third-order valence-electron chi connectivity index (χ3n) is 1.35. The van der Waals surface area contributed by atoms with E-state index in [9.17, 15) is 4.79 Å². The summed E-state index contributed by atoms with van der Waals surface area (Å²) in [6.07, 6.45) is 1.42. The summed E-state index contributed by atoms with van der Waals surface area (Å²) in [4.78, 5) is 15.5. The van der Waals surface area contributed by atoms with Crippen LogP contribution < -0.4 is 5.73 Å². The van der Waals surface area contributed by atoms with Crippen molar-refractivity contribution in [2.75, 3.05) is 5.75 Å². The number of primary amides is 1. The molecule has 1 aromatic heterocycles. The predicted molar refractivity (Wildman–Crippen MR) is 54.2 cm³/mol. The van der Waals surface area contributed by atoms with E-state index in [-0.39, 0.29) is 5.69 Å². The minimum Gasteiger partial charge on any atom is -0.364 e. The fourth-order valence-corrected chi connectivity index (χ4v) is 1.91. The summed E-state index contributed by atoms with van der Waals surface area (Å²) in [5.41, 5.74) is 5.43. The number of carbonyl (C=O) groups excluding carboxylic acids is 1. The lowest BCUT2D eigenvalue weighted by Crippen LogP contribution is -2.14. The van der Waals surface area contributed by atoms with Gasteiger partial charge in [0.25, 0.3) is 5.91 Å². The summed E-state index contributed by atoms with van der Waals surface area (Å²) < 4.78 is 0. The lowest BCUT2D eigenvalue weighted by atomic mass is 10.3. The molecule has 0 aliphatic heterocycles. The molecular formula is C8H9ClN2OS. The molecule has 1 rings (SSSR count). The maximum absolute atomic E-state index is 10.9. The molecule has 0 radical (unpaired) electrons. The third kappa shape index (κ3) is 2.60. The molecule has 0 fully saturated rings. The van der Waals surface area contributed by atoms with Crippen LogP contribution in [-0.2, 0) is 0 Å². The van der Waals surface area contributed by atoms with Crippen molar-refractivity contribution in [3.63, 3.8) is 0 Å². The summed E-state index contributed by atoms with van der Waals surface area (Å²) in [5, 5.41) is 0.515. The monoisotopic (exact) mass is 216 g/mol. The standard InChI is InChI=1S/C8H9ClN2OS/c1-2-13-6-3-5(9)4-11-7(6)8(10)12/h3-4H,2H2,1H3,(H2,10,12). The summed E-state index contributed by atoms with van der Waals surface area (Å²) in [5.74, 6) is 0.329. The van der Waals surface area contributed by atoms with Gasteiger partial charge in [0.15, 0.2) is 0 Å². The van der Waals surface area contributed by atoms with Gasteiger partial charge in [0.05, 0.1) is 5.02 Å². The van der Waals surface area contributed by atoms with Crippen LogP contribution in [0, 0.1) is 0 Å². The van der Waals surface area contributed by atoms with Gasteiger partial charge >= 0.3 is 0 Å². The molecule has 0 spiro atoms. The number of nitrogens with two attached hydrogens (primary N) is 1. The van der Waals surface area contributed by atoms with Crippen LogP contribution in [-0.4, -0.2) is 16.6 Å². The van der Waals surface area contributed by atoms with E-state index in [2.05, 4.69) is 4.98 Å². The second-order valence-electron chi connectivity index (χ2n) is 2.30. The fourth-order valence-electron chi connectivity index (χ4n) is 0.871. The van der Waals surface area contributed by atoms with Crippen LogP contribution in [0.15, 0.2) is 17.2 Å². The topological polar surface area (TPSA) is 56.0 Å². The number of amides is 1. The Bertz CT molecular complexity index is 330. The first-order chi connectivity index (χ1) is 6.15. The zero-order valence-electron chi connectivity index (χ0n) is 7.08. The molecule has 0 aliphatic carbocycles. The van der Waals surface area contributed by atoms with E-state index >= 15 is 0 Å². The fraction of sp³-hybridized carbons (Fsp3) is 0.250. The second kappa shape index (κ2) is 4.48. The summed E-state index contributed by atoms with van der Waals surface area (Å²) in [7, 11) is 0. The Kier molecular flexibility index (Phi) is 3.57. The van der Waals surface area contributed by atoms with Gasteiger partial charge in [-0.3, -0.25) is 4.79 Å². The molecule has 1 heterocycles. The van der Waals surface area contributed by atoms with Crippen molar-refractivity contribution >= 4 is 29.3 Å². The molecule has 5 heteroatoms. The van der Waals surface area contributed by atoms with Crippen molar-refractivity contribution in [3.05, 3.63) is 23.0 Å². The number of nitrogens with zero attached hydrogens (tertiary/aromatic N) is 1. The molecule has 1 amide bonds. The number of aromatic nitrogens is 1. The van der Waals surface area contributed by atoms with Crippen molar-refractivity contribution < 1.29 is 4.79 Å². The Morgan fingerprint density at radius 1 is 1.77 bits per heavy atom. The molecule has 0 aromatic carbocycles. The van der Waals surface area contributed by atoms with Gasteiger partial charge in [-0.25, -0.2) is 4.98 Å². The first-order valence-electron chi connectivity index (χ1n) is 3.73. The quantitative estimate of drug-likeness (QED) is 0.786. The zero-order valence-corrected chi connectivity index (χ0v) is 8.65. The smallest absolute Gasteiger partial charge is 0.268 e. The van der Waals surface area contributed by atoms with Crippen LogP contribution in [0.2, 0.25) is 5.02 Å². The van der Waals surface area contributed by atoms with Crippen molar-refractivity contribution in [1.82, 2.24) is 4.98 Å². The Morgan fingerprint density at radius 2 is 2.46 bits per heavy atom. The first kappa shape index (κ1) is 10.3. The third-order valence-corrected chi connectivity index (χ3v) is 2.47. The van der Waals surface area contributed by atoms with E-state index in [1.165, 1.54) is 18.0 Å². The molecule has 0 saturated heterocycles. The van der Waals surface area contributed by atoms with Crippen LogP contribution in [0.4, 0.5) is 0 Å². The van der Waals surface area contributed by atoms with E-state index in [1.807, 2.05) is 6.92 Å². The van der Waals surface area contributed by atoms with Gasteiger partial charge in [0.1, 0.15) is 5.69 Å². The highest BCUT2D eigenvalue weighted by Crippen LogP contribution is 2.23. The van der Waals surface area contributed by atoms with Gasteiger partial charge in [-0.05, 0) is 11.8 Å². The van der Waals surface area contributed by atoms with Gasteiger partial charge in [0.2, 0.25) is 0 Å². The number of pyridine rings is 1. The average Bonchev–Trinajstić information content (AvgIpc) is 2.04. The molecule has 3 nitrogen and oxygen atoms in total. The molecule has 13 heavy (non-hydrogen) atoms. The van der Waals surface area contributed by atoms with Crippen LogP contribution in [0.3, 0.4) is 0 Å². The van der Waals surface area contributed by atoms with Crippen molar-refractivity contribution in [3.8, 4) is 0 Å². The molecule has 70 valence electrons. The number of carbonyl (C=O) groups is 1. The van der Waals surface area contributed by atoms with Gasteiger partial charge in [-0.2, -0.15) is 0 Å².